The number of nitrogens with zero attached hydrogens (tertiary/aromatic N) is 1. The summed E-state index contributed by atoms with van der Waals surface area (Å²) in [5.41, 5.74) is 6.22. The minimum Gasteiger partial charge on any atom is -0.462 e. The fraction of sp³-hybridized carbons (Fsp3) is 0.154. The molecule has 98 valence electrons. The van der Waals surface area contributed by atoms with E-state index in [2.05, 4.69) is 9.97 Å². The number of esters is 1. The molecule has 3 N–H and O–H groups in total. The summed E-state index contributed by atoms with van der Waals surface area (Å²) in [5.74, 6) is -0.375. The largest absolute Gasteiger partial charge is 0.462 e. The second-order valence-electron chi connectivity index (χ2n) is 3.78. The van der Waals surface area contributed by atoms with Gasteiger partial charge in [-0.3, -0.25) is 4.79 Å². The van der Waals surface area contributed by atoms with Crippen molar-refractivity contribution < 1.29 is 9.53 Å². The van der Waals surface area contributed by atoms with E-state index in [0.29, 0.717) is 17.1 Å². The van der Waals surface area contributed by atoms with E-state index in [4.69, 9.17) is 10.5 Å². The van der Waals surface area contributed by atoms with Crippen LogP contribution in [0.1, 0.15) is 17.3 Å². The smallest absolute Gasteiger partial charge is 0.345 e. The molecule has 2 rings (SSSR count). The third-order valence-corrected chi connectivity index (χ3v) is 2.51. The first-order chi connectivity index (χ1) is 9.13. The van der Waals surface area contributed by atoms with Crippen LogP contribution < -0.4 is 11.3 Å². The first-order valence-corrected chi connectivity index (χ1v) is 5.74. The molecule has 6 nitrogen and oxygen atoms in total. The Morgan fingerprint density at radius 3 is 2.79 bits per heavy atom. The van der Waals surface area contributed by atoms with E-state index in [1.54, 1.807) is 31.2 Å². The number of rotatable bonds is 3. The maximum atomic E-state index is 11.8. The molecule has 1 aromatic carbocycles. The van der Waals surface area contributed by atoms with Crippen LogP contribution in [0.4, 0.5) is 5.69 Å². The lowest BCUT2D eigenvalue weighted by Crippen LogP contribution is -2.21. The van der Waals surface area contributed by atoms with Gasteiger partial charge in [-0.25, -0.2) is 9.78 Å². The zero-order valence-corrected chi connectivity index (χ0v) is 10.3. The van der Waals surface area contributed by atoms with Gasteiger partial charge in [-0.05, 0) is 19.1 Å². The summed E-state index contributed by atoms with van der Waals surface area (Å²) in [7, 11) is 0. The zero-order valence-electron chi connectivity index (χ0n) is 10.3. The van der Waals surface area contributed by atoms with Crippen LogP contribution in [0.25, 0.3) is 11.4 Å². The number of benzene rings is 1. The number of carbonyl (C=O) groups excluding carboxylic acids is 1. The standard InChI is InChI=1S/C13H13N3O3/c1-2-19-13(18)9-7-15-11(16-12(9)17)8-5-3-4-6-10(8)14/h3-7H,2,14H2,1H3,(H,15,16,17). The molecule has 1 aromatic heterocycles. The van der Waals surface area contributed by atoms with Gasteiger partial charge in [-0.1, -0.05) is 12.1 Å². The molecule has 2 aromatic rings. The van der Waals surface area contributed by atoms with Crippen molar-refractivity contribution in [3.8, 4) is 11.4 Å². The molecule has 0 aliphatic rings. The van der Waals surface area contributed by atoms with Gasteiger partial charge in [0.15, 0.2) is 0 Å². The third kappa shape index (κ3) is 2.62. The molecular formula is C13H13N3O3. The first kappa shape index (κ1) is 12.8. The number of hydrogen-bond donors (Lipinski definition) is 2. The van der Waals surface area contributed by atoms with E-state index in [1.807, 2.05) is 0 Å². The average Bonchev–Trinajstić information content (AvgIpc) is 2.39. The van der Waals surface area contributed by atoms with Crippen LogP contribution in [-0.4, -0.2) is 22.5 Å². The minimum atomic E-state index is -0.691. The highest BCUT2D eigenvalue weighted by Crippen LogP contribution is 2.20. The van der Waals surface area contributed by atoms with Crippen molar-refractivity contribution in [2.75, 3.05) is 12.3 Å². The lowest BCUT2D eigenvalue weighted by molar-refractivity contribution is 0.0524. The summed E-state index contributed by atoms with van der Waals surface area (Å²) in [6, 6.07) is 7.00. The van der Waals surface area contributed by atoms with Crippen molar-refractivity contribution in [3.63, 3.8) is 0 Å². The van der Waals surface area contributed by atoms with Crippen LogP contribution in [0.3, 0.4) is 0 Å². The first-order valence-electron chi connectivity index (χ1n) is 5.74. The fourth-order valence-electron chi connectivity index (χ4n) is 1.60. The van der Waals surface area contributed by atoms with E-state index >= 15 is 0 Å². The van der Waals surface area contributed by atoms with E-state index < -0.39 is 11.5 Å². The van der Waals surface area contributed by atoms with Crippen molar-refractivity contribution >= 4 is 11.7 Å². The third-order valence-electron chi connectivity index (χ3n) is 2.51. The van der Waals surface area contributed by atoms with Gasteiger partial charge < -0.3 is 15.5 Å². The Balaban J connectivity index is 2.43. The summed E-state index contributed by atoms with van der Waals surface area (Å²) in [4.78, 5) is 29.8. The molecule has 0 atom stereocenters. The number of aromatic amines is 1. The van der Waals surface area contributed by atoms with Crippen LogP contribution >= 0.6 is 0 Å². The molecule has 0 fully saturated rings. The number of carbonyl (C=O) groups is 1. The molecule has 0 aliphatic heterocycles. The molecule has 1 heterocycles. The fourth-order valence-corrected chi connectivity index (χ4v) is 1.60. The Labute approximate surface area is 109 Å². The molecule has 19 heavy (non-hydrogen) atoms. The maximum absolute atomic E-state index is 11.8. The highest BCUT2D eigenvalue weighted by molar-refractivity contribution is 5.88. The number of para-hydroxylation sites is 1. The lowest BCUT2D eigenvalue weighted by atomic mass is 10.1. The number of hydrogen-bond acceptors (Lipinski definition) is 5. The van der Waals surface area contributed by atoms with E-state index in [9.17, 15) is 9.59 Å². The molecule has 0 radical (unpaired) electrons. The Morgan fingerprint density at radius 2 is 2.16 bits per heavy atom. The summed E-state index contributed by atoms with van der Waals surface area (Å²) in [5, 5.41) is 0. The Morgan fingerprint density at radius 1 is 1.42 bits per heavy atom. The highest BCUT2D eigenvalue weighted by Gasteiger charge is 2.13. The number of nitrogens with two attached hydrogens (primary N) is 1. The Kier molecular flexibility index (Phi) is 3.61. The van der Waals surface area contributed by atoms with Gasteiger partial charge in [0.25, 0.3) is 5.56 Å². The molecule has 0 bridgehead atoms. The zero-order chi connectivity index (χ0) is 13.8. The Hall–Kier alpha value is -2.63. The molecular weight excluding hydrogens is 246 g/mol. The number of nitrogens with one attached hydrogen (secondary N) is 1. The summed E-state index contributed by atoms with van der Waals surface area (Å²) >= 11 is 0. The van der Waals surface area contributed by atoms with Crippen molar-refractivity contribution in [3.05, 3.63) is 46.4 Å². The van der Waals surface area contributed by atoms with Crippen molar-refractivity contribution in [1.29, 1.82) is 0 Å². The molecule has 0 aliphatic carbocycles. The number of anilines is 1. The number of nitrogen functional groups attached to an aromatic ring is 1. The monoisotopic (exact) mass is 259 g/mol. The van der Waals surface area contributed by atoms with Gasteiger partial charge in [0.2, 0.25) is 0 Å². The second-order valence-corrected chi connectivity index (χ2v) is 3.78. The predicted molar refractivity (Wildman–Crippen MR) is 70.7 cm³/mol. The van der Waals surface area contributed by atoms with Gasteiger partial charge in [-0.15, -0.1) is 0 Å². The summed E-state index contributed by atoms with van der Waals surface area (Å²) in [6.07, 6.45) is 1.19. The highest BCUT2D eigenvalue weighted by atomic mass is 16.5. The topological polar surface area (TPSA) is 98.1 Å². The van der Waals surface area contributed by atoms with E-state index in [1.165, 1.54) is 6.20 Å². The van der Waals surface area contributed by atoms with Crippen LogP contribution in [0.15, 0.2) is 35.3 Å². The molecule has 0 saturated heterocycles. The van der Waals surface area contributed by atoms with Crippen molar-refractivity contribution in [1.82, 2.24) is 9.97 Å². The predicted octanol–water partition coefficient (Wildman–Crippen LogP) is 1.20. The quantitative estimate of drug-likeness (QED) is 0.637. The van der Waals surface area contributed by atoms with Gasteiger partial charge in [0.1, 0.15) is 11.4 Å². The van der Waals surface area contributed by atoms with E-state index in [-0.39, 0.29) is 12.2 Å². The van der Waals surface area contributed by atoms with Crippen LogP contribution in [0, 0.1) is 0 Å². The summed E-state index contributed by atoms with van der Waals surface area (Å²) in [6.45, 7) is 1.87. The van der Waals surface area contributed by atoms with Gasteiger partial charge in [-0.2, -0.15) is 0 Å². The molecule has 6 heteroatoms. The number of H-pyrrole nitrogens is 1. The molecule has 0 unspecified atom stereocenters. The van der Waals surface area contributed by atoms with Crippen LogP contribution in [0.2, 0.25) is 0 Å². The van der Waals surface area contributed by atoms with Gasteiger partial charge >= 0.3 is 5.97 Å². The van der Waals surface area contributed by atoms with Gasteiger partial charge in [0.05, 0.1) is 6.61 Å². The lowest BCUT2D eigenvalue weighted by Gasteiger charge is -2.05. The second kappa shape index (κ2) is 5.34. The minimum absolute atomic E-state index is 0.125. The average molecular weight is 259 g/mol. The number of aromatic nitrogens is 2. The van der Waals surface area contributed by atoms with Crippen molar-refractivity contribution in [2.45, 2.75) is 6.92 Å². The molecule has 0 spiro atoms. The number of ether oxygens (including phenoxy) is 1. The molecule has 0 saturated carbocycles. The maximum Gasteiger partial charge on any atom is 0.345 e. The summed E-state index contributed by atoms with van der Waals surface area (Å²) < 4.78 is 4.75. The van der Waals surface area contributed by atoms with Gasteiger partial charge in [0, 0.05) is 17.4 Å². The van der Waals surface area contributed by atoms with E-state index in [0.717, 1.165) is 0 Å². The normalized spacial score (nSPS) is 10.2. The Bertz CT molecular complexity index is 664. The van der Waals surface area contributed by atoms with Crippen LogP contribution in [0.5, 0.6) is 0 Å². The van der Waals surface area contributed by atoms with Crippen molar-refractivity contribution in [2.24, 2.45) is 0 Å². The molecule has 0 amide bonds. The SMILES string of the molecule is CCOC(=O)c1cnc(-c2ccccc2N)[nH]c1=O. The van der Waals surface area contributed by atoms with Crippen LogP contribution in [-0.2, 0) is 4.74 Å².